The van der Waals surface area contributed by atoms with Crippen molar-refractivity contribution in [3.05, 3.63) is 47.0 Å². The number of benzene rings is 1. The van der Waals surface area contributed by atoms with Gasteiger partial charge in [-0.05, 0) is 5.56 Å². The van der Waals surface area contributed by atoms with Crippen LogP contribution in [-0.2, 0) is 9.59 Å². The molecule has 0 saturated carbocycles. The van der Waals surface area contributed by atoms with E-state index in [-0.39, 0.29) is 18.4 Å². The molecule has 0 aliphatic carbocycles. The molecule has 5 heteroatoms. The van der Waals surface area contributed by atoms with Gasteiger partial charge in [0.25, 0.3) is 5.91 Å². The molecule has 1 aliphatic rings. The van der Waals surface area contributed by atoms with E-state index >= 15 is 0 Å². The van der Waals surface area contributed by atoms with Crippen LogP contribution >= 0.6 is 15.9 Å². The maximum atomic E-state index is 12.3. The molecule has 2 rings (SSSR count). The highest BCUT2D eigenvalue weighted by Crippen LogP contribution is 2.20. The van der Waals surface area contributed by atoms with Crippen LogP contribution in [0, 0.1) is 0 Å². The molecule has 1 saturated heterocycles. The zero-order valence-electron chi connectivity index (χ0n) is 9.73. The van der Waals surface area contributed by atoms with Crippen LogP contribution in [0.1, 0.15) is 11.6 Å². The van der Waals surface area contributed by atoms with Crippen LogP contribution < -0.4 is 5.32 Å². The van der Waals surface area contributed by atoms with Crippen molar-refractivity contribution in [3.63, 3.8) is 0 Å². The SMILES string of the molecule is C=C(Br)CN1CC(=O)NC(c2ccccc2)C1=O. The first-order chi connectivity index (χ1) is 8.58. The molecule has 1 aromatic carbocycles. The lowest BCUT2D eigenvalue weighted by molar-refractivity contribution is -0.143. The predicted molar refractivity (Wildman–Crippen MR) is 72.0 cm³/mol. The zero-order chi connectivity index (χ0) is 13.1. The van der Waals surface area contributed by atoms with Crippen molar-refractivity contribution in [1.29, 1.82) is 0 Å². The fraction of sp³-hybridized carbons (Fsp3) is 0.231. The Hall–Kier alpha value is -1.62. The average Bonchev–Trinajstić information content (AvgIpc) is 2.34. The Bertz CT molecular complexity index is 485. The van der Waals surface area contributed by atoms with E-state index in [1.54, 1.807) is 0 Å². The van der Waals surface area contributed by atoms with Gasteiger partial charge in [0, 0.05) is 4.48 Å². The first kappa shape index (κ1) is 12.8. The molecule has 0 radical (unpaired) electrons. The van der Waals surface area contributed by atoms with Crippen molar-refractivity contribution in [2.24, 2.45) is 0 Å². The van der Waals surface area contributed by atoms with Crippen molar-refractivity contribution in [1.82, 2.24) is 10.2 Å². The van der Waals surface area contributed by atoms with E-state index in [4.69, 9.17) is 0 Å². The largest absolute Gasteiger partial charge is 0.339 e. The van der Waals surface area contributed by atoms with Crippen LogP contribution in [0.5, 0.6) is 0 Å². The second-order valence-corrected chi connectivity index (χ2v) is 5.24. The first-order valence-electron chi connectivity index (χ1n) is 5.54. The summed E-state index contributed by atoms with van der Waals surface area (Å²) in [6.45, 7) is 4.12. The van der Waals surface area contributed by atoms with E-state index in [1.807, 2.05) is 30.3 Å². The van der Waals surface area contributed by atoms with Crippen LogP contribution in [0.3, 0.4) is 0 Å². The Kier molecular flexibility index (Phi) is 3.81. The number of nitrogens with zero attached hydrogens (tertiary/aromatic N) is 1. The highest BCUT2D eigenvalue weighted by molar-refractivity contribution is 9.11. The first-order valence-corrected chi connectivity index (χ1v) is 6.33. The van der Waals surface area contributed by atoms with Crippen molar-refractivity contribution in [3.8, 4) is 0 Å². The Morgan fingerprint density at radius 2 is 2.06 bits per heavy atom. The summed E-state index contributed by atoms with van der Waals surface area (Å²) in [4.78, 5) is 25.4. The van der Waals surface area contributed by atoms with Crippen LogP contribution in [-0.4, -0.2) is 29.8 Å². The molecule has 1 unspecified atom stereocenters. The van der Waals surface area contributed by atoms with Gasteiger partial charge in [0.15, 0.2) is 0 Å². The van der Waals surface area contributed by atoms with Gasteiger partial charge in [-0.25, -0.2) is 0 Å². The normalized spacial score (nSPS) is 19.6. The van der Waals surface area contributed by atoms with E-state index in [0.29, 0.717) is 11.0 Å². The Balaban J connectivity index is 2.23. The number of halogens is 1. The molecule has 0 aromatic heterocycles. The van der Waals surface area contributed by atoms with Gasteiger partial charge >= 0.3 is 0 Å². The maximum Gasteiger partial charge on any atom is 0.250 e. The molecule has 4 nitrogen and oxygen atoms in total. The number of piperazine rings is 1. The maximum absolute atomic E-state index is 12.3. The minimum atomic E-state index is -0.598. The molecular weight excluding hydrogens is 296 g/mol. The molecule has 1 aromatic rings. The van der Waals surface area contributed by atoms with Crippen LogP contribution in [0.4, 0.5) is 0 Å². The summed E-state index contributed by atoms with van der Waals surface area (Å²) in [7, 11) is 0. The van der Waals surface area contributed by atoms with E-state index < -0.39 is 6.04 Å². The Morgan fingerprint density at radius 1 is 1.39 bits per heavy atom. The smallest absolute Gasteiger partial charge is 0.250 e. The quantitative estimate of drug-likeness (QED) is 0.922. The van der Waals surface area contributed by atoms with E-state index in [1.165, 1.54) is 4.90 Å². The minimum absolute atomic E-state index is 0.0762. The molecule has 18 heavy (non-hydrogen) atoms. The van der Waals surface area contributed by atoms with Crippen LogP contribution in [0.15, 0.2) is 41.4 Å². The highest BCUT2D eigenvalue weighted by Gasteiger charge is 2.33. The van der Waals surface area contributed by atoms with Crippen molar-refractivity contribution in [2.75, 3.05) is 13.1 Å². The molecule has 2 amide bonds. The Labute approximate surface area is 114 Å². The van der Waals surface area contributed by atoms with Gasteiger partial charge in [0.2, 0.25) is 5.91 Å². The fourth-order valence-corrected chi connectivity index (χ4v) is 2.22. The molecular formula is C13H13BrN2O2. The van der Waals surface area contributed by atoms with Gasteiger partial charge in [0.05, 0.1) is 13.1 Å². The molecule has 1 fully saturated rings. The predicted octanol–water partition coefficient (Wildman–Crippen LogP) is 1.59. The zero-order valence-corrected chi connectivity index (χ0v) is 11.3. The number of rotatable bonds is 3. The molecule has 1 N–H and O–H groups in total. The second kappa shape index (κ2) is 5.35. The van der Waals surface area contributed by atoms with Crippen LogP contribution in [0.2, 0.25) is 0 Å². The fourth-order valence-electron chi connectivity index (χ4n) is 1.91. The van der Waals surface area contributed by atoms with E-state index in [9.17, 15) is 9.59 Å². The minimum Gasteiger partial charge on any atom is -0.339 e. The second-order valence-electron chi connectivity index (χ2n) is 4.12. The number of carbonyl (C=O) groups excluding carboxylic acids is 2. The van der Waals surface area contributed by atoms with Gasteiger partial charge in [-0.3, -0.25) is 9.59 Å². The molecule has 0 spiro atoms. The molecule has 1 aliphatic heterocycles. The summed E-state index contributed by atoms with van der Waals surface area (Å²) in [5.74, 6) is -0.265. The number of hydrogen-bond acceptors (Lipinski definition) is 2. The third-order valence-electron chi connectivity index (χ3n) is 2.69. The standard InChI is InChI=1S/C13H13BrN2O2/c1-9(14)7-16-8-11(17)15-12(13(16)18)10-5-3-2-4-6-10/h2-6,12H,1,7-8H2,(H,15,17). The molecule has 1 atom stereocenters. The summed E-state index contributed by atoms with van der Waals surface area (Å²) < 4.78 is 0.678. The van der Waals surface area contributed by atoms with Crippen molar-refractivity contribution >= 4 is 27.7 Å². The van der Waals surface area contributed by atoms with Gasteiger partial charge in [0.1, 0.15) is 6.04 Å². The summed E-state index contributed by atoms with van der Waals surface area (Å²) in [6, 6.07) is 8.62. The molecule has 0 bridgehead atoms. The van der Waals surface area contributed by atoms with Crippen molar-refractivity contribution < 1.29 is 9.59 Å². The van der Waals surface area contributed by atoms with E-state index in [0.717, 1.165) is 5.56 Å². The summed E-state index contributed by atoms with van der Waals surface area (Å²) in [6.07, 6.45) is 0. The number of amides is 2. The van der Waals surface area contributed by atoms with Gasteiger partial charge in [-0.1, -0.05) is 52.8 Å². The van der Waals surface area contributed by atoms with E-state index in [2.05, 4.69) is 27.8 Å². The number of nitrogens with one attached hydrogen (secondary N) is 1. The molecule has 1 heterocycles. The van der Waals surface area contributed by atoms with Gasteiger partial charge < -0.3 is 10.2 Å². The summed E-state index contributed by atoms with van der Waals surface area (Å²) in [5, 5.41) is 2.71. The van der Waals surface area contributed by atoms with Gasteiger partial charge in [-0.15, -0.1) is 0 Å². The molecule has 94 valence electrons. The summed E-state index contributed by atoms with van der Waals surface area (Å²) in [5.41, 5.74) is 0.792. The average molecular weight is 309 g/mol. The van der Waals surface area contributed by atoms with Crippen LogP contribution in [0.25, 0.3) is 0 Å². The summed E-state index contributed by atoms with van der Waals surface area (Å²) >= 11 is 3.21. The Morgan fingerprint density at radius 3 is 2.67 bits per heavy atom. The van der Waals surface area contributed by atoms with Crippen molar-refractivity contribution in [2.45, 2.75) is 6.04 Å². The topological polar surface area (TPSA) is 49.4 Å². The third-order valence-corrected chi connectivity index (χ3v) is 2.94. The van der Waals surface area contributed by atoms with Gasteiger partial charge in [-0.2, -0.15) is 0 Å². The lowest BCUT2D eigenvalue weighted by atomic mass is 10.0. The monoisotopic (exact) mass is 308 g/mol. The highest BCUT2D eigenvalue weighted by atomic mass is 79.9. The lowest BCUT2D eigenvalue weighted by Gasteiger charge is -2.32. The lowest BCUT2D eigenvalue weighted by Crippen LogP contribution is -2.53. The number of hydrogen-bond donors (Lipinski definition) is 1. The third kappa shape index (κ3) is 2.79. The number of carbonyl (C=O) groups is 2.